The van der Waals surface area contributed by atoms with Gasteiger partial charge in [0.25, 0.3) is 0 Å². The van der Waals surface area contributed by atoms with Crippen molar-refractivity contribution >= 4 is 21.7 Å². The number of carbonyl (C=O) groups is 1. The van der Waals surface area contributed by atoms with Gasteiger partial charge in [-0.2, -0.15) is 4.31 Å². The zero-order valence-electron chi connectivity index (χ0n) is 23.0. The Hall–Kier alpha value is -3.11. The predicted molar refractivity (Wildman–Crippen MR) is 144 cm³/mol. The van der Waals surface area contributed by atoms with Gasteiger partial charge in [0.05, 0.1) is 19.7 Å². The lowest BCUT2D eigenvalue weighted by Crippen LogP contribution is -2.50. The molecule has 1 aromatic heterocycles. The van der Waals surface area contributed by atoms with E-state index in [4.69, 9.17) is 9.26 Å². The highest BCUT2D eigenvalue weighted by Gasteiger charge is 2.38. The summed E-state index contributed by atoms with van der Waals surface area (Å²) in [6, 6.07) is 3.73. The number of aliphatic hydroxyl groups is 1. The third-order valence-corrected chi connectivity index (χ3v) is 8.38. The molecule has 2 heterocycles. The maximum atomic E-state index is 13.6. The Morgan fingerprint density at radius 2 is 2.03 bits per heavy atom. The molecule has 0 bridgehead atoms. The van der Waals surface area contributed by atoms with Crippen LogP contribution in [-0.2, 0) is 10.0 Å². The molecule has 38 heavy (non-hydrogen) atoms. The number of rotatable bonds is 6. The zero-order chi connectivity index (χ0) is 28.2. The average Bonchev–Trinajstić information content (AvgIpc) is 3.17. The fraction of sp³-hybridized carbons (Fsp3) is 0.538. The van der Waals surface area contributed by atoms with Gasteiger partial charge in [0.15, 0.2) is 5.76 Å². The summed E-state index contributed by atoms with van der Waals surface area (Å²) in [5.41, 5.74) is 1.68. The molecule has 0 radical (unpaired) electrons. The third-order valence-electron chi connectivity index (χ3n) is 6.36. The number of hydrogen-bond donors (Lipinski definition) is 2. The van der Waals surface area contributed by atoms with Gasteiger partial charge in [0.2, 0.25) is 10.0 Å². The standard InChI is InChI=1S/C26H37N5O6S/c1-17-14-31(18(2)16-32)38(34,35)24-11-10-21(9-8-12-29(5)6)13-22(24)36-23(17)15-30(7)26(33)27-25-19(3)28-37-20(25)4/h10-11,13,17-18,23,32H,12,14-16H2,1-7H3,(H,27,33)/t17-,18-,23+/m1/s1. The first kappa shape index (κ1) is 29.4. The van der Waals surface area contributed by atoms with Crippen LogP contribution < -0.4 is 10.1 Å². The molecule has 1 aliphatic heterocycles. The van der Waals surface area contributed by atoms with E-state index in [2.05, 4.69) is 22.3 Å². The molecule has 3 rings (SSSR count). The van der Waals surface area contributed by atoms with Gasteiger partial charge in [-0.15, -0.1) is 0 Å². The number of nitrogens with zero attached hydrogens (tertiary/aromatic N) is 4. The summed E-state index contributed by atoms with van der Waals surface area (Å²) in [7, 11) is 1.49. The fourth-order valence-corrected chi connectivity index (χ4v) is 5.86. The zero-order valence-corrected chi connectivity index (χ0v) is 23.8. The van der Waals surface area contributed by atoms with Crippen molar-refractivity contribution in [3.05, 3.63) is 35.2 Å². The quantitative estimate of drug-likeness (QED) is 0.527. The van der Waals surface area contributed by atoms with Crippen LogP contribution in [0.1, 0.15) is 30.9 Å². The van der Waals surface area contributed by atoms with Crippen LogP contribution in [0.2, 0.25) is 0 Å². The molecule has 0 spiro atoms. The Morgan fingerprint density at radius 3 is 2.63 bits per heavy atom. The van der Waals surface area contributed by atoms with E-state index in [9.17, 15) is 18.3 Å². The normalized spacial score (nSPS) is 19.8. The first-order valence-electron chi connectivity index (χ1n) is 12.4. The van der Waals surface area contributed by atoms with E-state index in [0.29, 0.717) is 29.2 Å². The summed E-state index contributed by atoms with van der Waals surface area (Å²) in [5.74, 6) is 6.43. The van der Waals surface area contributed by atoms with Crippen LogP contribution in [0.15, 0.2) is 27.6 Å². The maximum absolute atomic E-state index is 13.6. The first-order valence-corrected chi connectivity index (χ1v) is 13.8. The van der Waals surface area contributed by atoms with Gasteiger partial charge in [0, 0.05) is 31.1 Å². The number of aliphatic hydroxyl groups excluding tert-OH is 1. The fourth-order valence-electron chi connectivity index (χ4n) is 4.04. The number of aromatic nitrogens is 1. The van der Waals surface area contributed by atoms with E-state index in [1.54, 1.807) is 40.0 Å². The topological polar surface area (TPSA) is 128 Å². The van der Waals surface area contributed by atoms with E-state index in [0.717, 1.165) is 0 Å². The summed E-state index contributed by atoms with van der Waals surface area (Å²) >= 11 is 0. The molecule has 2 N–H and O–H groups in total. The van der Waals surface area contributed by atoms with Crippen molar-refractivity contribution in [3.8, 4) is 17.6 Å². The SMILES string of the molecule is Cc1noc(C)c1NC(=O)N(C)C[C@@H]1Oc2cc(C#CCN(C)C)ccc2S(=O)(=O)N([C@H](C)CO)C[C@H]1C. The molecule has 2 amide bonds. The summed E-state index contributed by atoms with van der Waals surface area (Å²) in [6.45, 7) is 7.46. The molecule has 0 unspecified atom stereocenters. The molecule has 1 aliphatic rings. The molecule has 0 saturated carbocycles. The van der Waals surface area contributed by atoms with Crippen molar-refractivity contribution in [1.82, 2.24) is 19.3 Å². The van der Waals surface area contributed by atoms with Gasteiger partial charge in [0.1, 0.15) is 28.1 Å². The Morgan fingerprint density at radius 1 is 1.32 bits per heavy atom. The van der Waals surface area contributed by atoms with Crippen LogP contribution >= 0.6 is 0 Å². The number of fused-ring (bicyclic) bond motifs is 1. The second-order valence-electron chi connectivity index (χ2n) is 9.95. The second-order valence-corrected chi connectivity index (χ2v) is 11.8. The van der Waals surface area contributed by atoms with Gasteiger partial charge in [-0.25, -0.2) is 13.2 Å². The lowest BCUT2D eigenvalue weighted by Gasteiger charge is -2.37. The van der Waals surface area contributed by atoms with E-state index in [1.807, 2.05) is 25.9 Å². The Balaban J connectivity index is 1.96. The monoisotopic (exact) mass is 547 g/mol. The Labute approximate surface area is 224 Å². The van der Waals surface area contributed by atoms with Gasteiger partial charge in [-0.3, -0.25) is 4.90 Å². The lowest BCUT2D eigenvalue weighted by atomic mass is 10.0. The number of urea groups is 1. The minimum Gasteiger partial charge on any atom is -0.487 e. The molecular weight excluding hydrogens is 510 g/mol. The van der Waals surface area contributed by atoms with Crippen molar-refractivity contribution in [2.24, 2.45) is 5.92 Å². The lowest BCUT2D eigenvalue weighted by molar-refractivity contribution is 0.0830. The van der Waals surface area contributed by atoms with Crippen molar-refractivity contribution in [3.63, 3.8) is 0 Å². The highest BCUT2D eigenvalue weighted by Crippen LogP contribution is 2.34. The molecule has 0 saturated heterocycles. The van der Waals surface area contributed by atoms with E-state index >= 15 is 0 Å². The summed E-state index contributed by atoms with van der Waals surface area (Å²) in [5, 5.41) is 16.5. The largest absolute Gasteiger partial charge is 0.487 e. The number of aryl methyl sites for hydroxylation is 2. The molecule has 208 valence electrons. The van der Waals surface area contributed by atoms with Crippen molar-refractivity contribution in [2.75, 3.05) is 52.7 Å². The number of amides is 2. The van der Waals surface area contributed by atoms with Crippen LogP contribution in [0.3, 0.4) is 0 Å². The van der Waals surface area contributed by atoms with Gasteiger partial charge < -0.3 is 24.6 Å². The first-order chi connectivity index (χ1) is 17.8. The maximum Gasteiger partial charge on any atom is 0.321 e. The molecule has 11 nitrogen and oxygen atoms in total. The van der Waals surface area contributed by atoms with E-state index in [1.165, 1.54) is 15.3 Å². The minimum absolute atomic E-state index is 0.00400. The molecule has 3 atom stereocenters. The number of nitrogens with one attached hydrogen (secondary N) is 1. The van der Waals surface area contributed by atoms with Gasteiger partial charge >= 0.3 is 6.03 Å². The summed E-state index contributed by atoms with van der Waals surface area (Å²) in [6.07, 6.45) is -0.553. The highest BCUT2D eigenvalue weighted by molar-refractivity contribution is 7.89. The van der Waals surface area contributed by atoms with Crippen LogP contribution in [0.25, 0.3) is 0 Å². The third kappa shape index (κ3) is 6.66. The number of benzene rings is 1. The number of ether oxygens (including phenoxy) is 1. The Bertz CT molecular complexity index is 1290. The van der Waals surface area contributed by atoms with Crippen molar-refractivity contribution in [1.29, 1.82) is 0 Å². The van der Waals surface area contributed by atoms with Crippen molar-refractivity contribution < 1.29 is 27.6 Å². The highest BCUT2D eigenvalue weighted by atomic mass is 32.2. The molecule has 0 aliphatic carbocycles. The molecule has 0 fully saturated rings. The minimum atomic E-state index is -3.97. The molecule has 12 heteroatoms. The Kier molecular flexibility index (Phi) is 9.43. The molecule has 1 aromatic carbocycles. The molecular formula is C26H37N5O6S. The number of sulfonamides is 1. The predicted octanol–water partition coefficient (Wildman–Crippen LogP) is 2.14. The van der Waals surface area contributed by atoms with Crippen LogP contribution in [0.4, 0.5) is 10.5 Å². The van der Waals surface area contributed by atoms with Crippen LogP contribution in [0, 0.1) is 31.6 Å². The van der Waals surface area contributed by atoms with Gasteiger partial charge in [-0.1, -0.05) is 23.9 Å². The number of anilines is 1. The summed E-state index contributed by atoms with van der Waals surface area (Å²) < 4.78 is 40.0. The average molecular weight is 548 g/mol. The van der Waals surface area contributed by atoms with Crippen LogP contribution in [0.5, 0.6) is 5.75 Å². The van der Waals surface area contributed by atoms with E-state index in [-0.39, 0.29) is 42.3 Å². The number of carbonyl (C=O) groups excluding carboxylic acids is 1. The molecule has 2 aromatic rings. The van der Waals surface area contributed by atoms with Gasteiger partial charge in [-0.05, 0) is 53.1 Å². The second kappa shape index (κ2) is 12.2. The van der Waals surface area contributed by atoms with Crippen LogP contribution in [-0.4, -0.2) is 98.3 Å². The van der Waals surface area contributed by atoms with E-state index < -0.39 is 22.2 Å². The summed E-state index contributed by atoms with van der Waals surface area (Å²) in [4.78, 5) is 16.4. The number of likely N-dealkylation sites (N-methyl/N-ethyl adjacent to an activating group) is 1. The van der Waals surface area contributed by atoms with Crippen molar-refractivity contribution in [2.45, 2.75) is 44.7 Å². The number of hydrogen-bond acceptors (Lipinski definition) is 8. The smallest absolute Gasteiger partial charge is 0.321 e.